The maximum atomic E-state index is 12.6. The largest absolute Gasteiger partial charge is 0.480 e. The SMILES string of the molecule is CCCCC/C=C\C/C=C\CCCCCCCC(=O)OC(COC(=O)CCCCCCCCCCCCCCC)COP(=O)(O)OCC(N)C(=O)O. The standard InChI is InChI=1S/C40H74NO10P/c1-3-5-7-9-11-13-15-17-18-20-22-24-26-28-30-32-39(43)51-36(34-49-52(46,47)50-35-37(41)40(44)45)33-48-38(42)31-29-27-25-23-21-19-16-14-12-10-8-6-4-2/h11,13,17-18,36-37H,3-10,12,14-16,19-35,41H2,1-2H3,(H,44,45)(H,46,47)/b13-11-,18-17-. The van der Waals surface area contributed by atoms with Crippen LogP contribution in [0.4, 0.5) is 0 Å². The molecule has 4 N–H and O–H groups in total. The van der Waals surface area contributed by atoms with Crippen molar-refractivity contribution in [3.63, 3.8) is 0 Å². The van der Waals surface area contributed by atoms with Crippen molar-refractivity contribution in [1.82, 2.24) is 0 Å². The van der Waals surface area contributed by atoms with E-state index in [4.69, 9.17) is 24.8 Å². The number of carbonyl (C=O) groups excluding carboxylic acids is 2. The number of hydrogen-bond acceptors (Lipinski definition) is 9. The number of nitrogens with two attached hydrogens (primary N) is 1. The van der Waals surface area contributed by atoms with Crippen molar-refractivity contribution >= 4 is 25.7 Å². The van der Waals surface area contributed by atoms with Crippen LogP contribution in [0.25, 0.3) is 0 Å². The summed E-state index contributed by atoms with van der Waals surface area (Å²) in [6.07, 6.45) is 35.2. The predicted molar refractivity (Wildman–Crippen MR) is 208 cm³/mol. The lowest BCUT2D eigenvalue weighted by Crippen LogP contribution is -2.34. The lowest BCUT2D eigenvalue weighted by Gasteiger charge is -2.20. The lowest BCUT2D eigenvalue weighted by atomic mass is 10.0. The topological polar surface area (TPSA) is 172 Å². The molecular weight excluding hydrogens is 685 g/mol. The Labute approximate surface area is 315 Å². The summed E-state index contributed by atoms with van der Waals surface area (Å²) in [6.45, 7) is 2.76. The van der Waals surface area contributed by atoms with Crippen LogP contribution in [0.15, 0.2) is 24.3 Å². The maximum Gasteiger partial charge on any atom is 0.472 e. The molecule has 0 fully saturated rings. The molecule has 0 amide bonds. The molecule has 0 aliphatic carbocycles. The highest BCUT2D eigenvalue weighted by Gasteiger charge is 2.28. The second kappa shape index (κ2) is 36.0. The fourth-order valence-corrected chi connectivity index (χ4v) is 6.23. The third-order valence-corrected chi connectivity index (χ3v) is 9.65. The highest BCUT2D eigenvalue weighted by molar-refractivity contribution is 7.47. The minimum absolute atomic E-state index is 0.147. The van der Waals surface area contributed by atoms with Gasteiger partial charge < -0.3 is 25.2 Å². The van der Waals surface area contributed by atoms with E-state index in [-0.39, 0.29) is 19.4 Å². The van der Waals surface area contributed by atoms with Gasteiger partial charge in [-0.2, -0.15) is 0 Å². The van der Waals surface area contributed by atoms with Gasteiger partial charge >= 0.3 is 25.7 Å². The van der Waals surface area contributed by atoms with E-state index >= 15 is 0 Å². The third kappa shape index (κ3) is 35.0. The Bertz CT molecular complexity index is 989. The van der Waals surface area contributed by atoms with Gasteiger partial charge in [0.05, 0.1) is 13.2 Å². The number of aliphatic carboxylic acids is 1. The molecule has 0 rings (SSSR count). The Morgan fingerprint density at radius 2 is 1.02 bits per heavy atom. The highest BCUT2D eigenvalue weighted by Crippen LogP contribution is 2.43. The number of esters is 2. The number of unbranched alkanes of at least 4 members (excludes halogenated alkanes) is 20. The second-order valence-electron chi connectivity index (χ2n) is 13.8. The average molecular weight is 760 g/mol. The first-order chi connectivity index (χ1) is 25.1. The number of phosphoric acid groups is 1. The molecule has 0 spiro atoms. The summed E-state index contributed by atoms with van der Waals surface area (Å²) in [5, 5.41) is 8.87. The van der Waals surface area contributed by atoms with E-state index in [2.05, 4.69) is 42.7 Å². The van der Waals surface area contributed by atoms with E-state index < -0.39 is 51.1 Å². The normalized spacial score (nSPS) is 14.1. The van der Waals surface area contributed by atoms with Crippen molar-refractivity contribution in [3.05, 3.63) is 24.3 Å². The molecule has 3 unspecified atom stereocenters. The first-order valence-corrected chi connectivity index (χ1v) is 21.9. The predicted octanol–water partition coefficient (Wildman–Crippen LogP) is 10.3. The maximum absolute atomic E-state index is 12.6. The van der Waals surface area contributed by atoms with Gasteiger partial charge in [-0.1, -0.05) is 147 Å². The zero-order valence-electron chi connectivity index (χ0n) is 32.7. The van der Waals surface area contributed by atoms with Gasteiger partial charge in [0.2, 0.25) is 0 Å². The van der Waals surface area contributed by atoms with Gasteiger partial charge in [0.1, 0.15) is 12.6 Å². The number of allylic oxidation sites excluding steroid dienone is 4. The number of carboxylic acid groups (broad SMARTS) is 1. The molecule has 0 aliphatic heterocycles. The lowest BCUT2D eigenvalue weighted by molar-refractivity contribution is -0.161. The van der Waals surface area contributed by atoms with Crippen molar-refractivity contribution in [2.24, 2.45) is 5.73 Å². The van der Waals surface area contributed by atoms with Crippen LogP contribution in [0.1, 0.15) is 181 Å². The summed E-state index contributed by atoms with van der Waals surface area (Å²) in [4.78, 5) is 45.8. The third-order valence-electron chi connectivity index (χ3n) is 8.70. The van der Waals surface area contributed by atoms with Gasteiger partial charge in [-0.05, 0) is 44.9 Å². The van der Waals surface area contributed by atoms with Gasteiger partial charge in [0.25, 0.3) is 0 Å². The van der Waals surface area contributed by atoms with Crippen LogP contribution in [-0.4, -0.2) is 59.9 Å². The molecule has 0 aromatic heterocycles. The number of phosphoric ester groups is 1. The summed E-state index contributed by atoms with van der Waals surface area (Å²) in [7, 11) is -4.71. The van der Waals surface area contributed by atoms with Gasteiger partial charge in [0, 0.05) is 12.8 Å². The number of carbonyl (C=O) groups is 3. The van der Waals surface area contributed by atoms with Gasteiger partial charge in [-0.3, -0.25) is 23.4 Å². The van der Waals surface area contributed by atoms with E-state index in [0.29, 0.717) is 12.8 Å². The smallest absolute Gasteiger partial charge is 0.472 e. The van der Waals surface area contributed by atoms with Gasteiger partial charge in [-0.15, -0.1) is 0 Å². The van der Waals surface area contributed by atoms with Crippen LogP contribution in [0.2, 0.25) is 0 Å². The summed E-state index contributed by atoms with van der Waals surface area (Å²) < 4.78 is 32.6. The Morgan fingerprint density at radius 3 is 1.54 bits per heavy atom. The fraction of sp³-hybridized carbons (Fsp3) is 0.825. The minimum Gasteiger partial charge on any atom is -0.480 e. The Kier molecular flexibility index (Phi) is 34.6. The van der Waals surface area contributed by atoms with Gasteiger partial charge in [0.15, 0.2) is 6.10 Å². The molecule has 0 saturated carbocycles. The molecule has 0 heterocycles. The molecule has 11 nitrogen and oxygen atoms in total. The number of rotatable bonds is 38. The molecule has 0 radical (unpaired) electrons. The van der Waals surface area contributed by atoms with E-state index in [1.165, 1.54) is 77.0 Å². The van der Waals surface area contributed by atoms with Crippen molar-refractivity contribution in [2.75, 3.05) is 19.8 Å². The fourth-order valence-electron chi connectivity index (χ4n) is 5.45. The summed E-state index contributed by atoms with van der Waals surface area (Å²) in [6, 6.07) is -1.52. The average Bonchev–Trinajstić information content (AvgIpc) is 3.12. The summed E-state index contributed by atoms with van der Waals surface area (Å²) in [5.41, 5.74) is 5.32. The van der Waals surface area contributed by atoms with Gasteiger partial charge in [-0.25, -0.2) is 4.57 Å². The van der Waals surface area contributed by atoms with Crippen molar-refractivity contribution in [3.8, 4) is 0 Å². The van der Waals surface area contributed by atoms with E-state index in [9.17, 15) is 23.8 Å². The minimum atomic E-state index is -4.71. The number of hydrogen-bond donors (Lipinski definition) is 3. The quantitative estimate of drug-likeness (QED) is 0.0237. The zero-order chi connectivity index (χ0) is 38.5. The molecule has 0 aromatic carbocycles. The van der Waals surface area contributed by atoms with Crippen LogP contribution in [0, 0.1) is 0 Å². The Hall–Kier alpha value is -2.04. The van der Waals surface area contributed by atoms with Crippen LogP contribution in [0.5, 0.6) is 0 Å². The molecule has 0 bridgehead atoms. The van der Waals surface area contributed by atoms with Crippen molar-refractivity contribution in [1.29, 1.82) is 0 Å². The van der Waals surface area contributed by atoms with Crippen LogP contribution in [0.3, 0.4) is 0 Å². The Balaban J connectivity index is 4.42. The van der Waals surface area contributed by atoms with E-state index in [1.807, 2.05) is 0 Å². The van der Waals surface area contributed by atoms with Crippen LogP contribution in [-0.2, 0) is 37.5 Å². The van der Waals surface area contributed by atoms with Crippen molar-refractivity contribution in [2.45, 2.75) is 193 Å². The first-order valence-electron chi connectivity index (χ1n) is 20.4. The zero-order valence-corrected chi connectivity index (χ0v) is 33.5. The molecule has 0 aliphatic rings. The van der Waals surface area contributed by atoms with E-state index in [1.54, 1.807) is 0 Å². The molecular formula is C40H74NO10P. The molecule has 3 atom stereocenters. The summed E-state index contributed by atoms with van der Waals surface area (Å²) in [5.74, 6) is -2.39. The number of ether oxygens (including phenoxy) is 2. The Morgan fingerprint density at radius 1 is 0.596 bits per heavy atom. The monoisotopic (exact) mass is 760 g/mol. The second-order valence-corrected chi connectivity index (χ2v) is 15.2. The van der Waals surface area contributed by atoms with Crippen molar-refractivity contribution < 1.29 is 47.5 Å². The first kappa shape index (κ1) is 50.0. The molecule has 52 heavy (non-hydrogen) atoms. The molecule has 0 saturated heterocycles. The summed E-state index contributed by atoms with van der Waals surface area (Å²) >= 11 is 0. The van der Waals surface area contributed by atoms with Crippen LogP contribution >= 0.6 is 7.82 Å². The molecule has 304 valence electrons. The number of carboxylic acids is 1. The molecule has 0 aromatic rings. The molecule has 12 heteroatoms. The highest BCUT2D eigenvalue weighted by atomic mass is 31.2. The van der Waals surface area contributed by atoms with Crippen LogP contribution < -0.4 is 5.73 Å². The van der Waals surface area contributed by atoms with E-state index in [0.717, 1.165) is 64.2 Å².